The van der Waals surface area contributed by atoms with E-state index in [2.05, 4.69) is 16.2 Å². The average Bonchev–Trinajstić information content (AvgIpc) is 3.25. The van der Waals surface area contributed by atoms with Gasteiger partial charge in [0.15, 0.2) is 0 Å². The van der Waals surface area contributed by atoms with E-state index in [1.54, 1.807) is 12.4 Å². The summed E-state index contributed by atoms with van der Waals surface area (Å²) in [4.78, 5) is 35.9. The molecule has 1 aliphatic rings. The molecule has 11 heteroatoms. The Kier molecular flexibility index (Phi) is 7.64. The van der Waals surface area contributed by atoms with Crippen molar-refractivity contribution < 1.29 is 22.8 Å². The Bertz CT molecular complexity index is 1090. The van der Waals surface area contributed by atoms with Crippen LogP contribution in [0, 0.1) is 0 Å². The van der Waals surface area contributed by atoms with Crippen molar-refractivity contribution in [1.29, 1.82) is 0 Å². The van der Waals surface area contributed by atoms with Gasteiger partial charge in [-0.3, -0.25) is 25.2 Å². The van der Waals surface area contributed by atoms with Gasteiger partial charge in [-0.05, 0) is 48.6 Å². The summed E-state index contributed by atoms with van der Waals surface area (Å²) in [7, 11) is -2.04. The zero-order chi connectivity index (χ0) is 23.3. The van der Waals surface area contributed by atoms with Crippen LogP contribution in [0.4, 0.5) is 5.00 Å². The monoisotopic (exact) mass is 478 g/mol. The third kappa shape index (κ3) is 5.53. The molecule has 9 nitrogen and oxygen atoms in total. The number of hydrogen-bond acceptors (Lipinski definition) is 6. The topological polar surface area (TPSA) is 125 Å². The molecular formula is C21H26N4O5S2. The second-order valence-electron chi connectivity index (χ2n) is 7.59. The Labute approximate surface area is 191 Å². The Morgan fingerprint density at radius 2 is 1.62 bits per heavy atom. The number of carbonyl (C=O) groups is 3. The van der Waals surface area contributed by atoms with Crippen molar-refractivity contribution in [2.24, 2.45) is 0 Å². The maximum atomic E-state index is 13.0. The molecule has 3 amide bonds. The second-order valence-corrected chi connectivity index (χ2v) is 10.5. The number of carbonyl (C=O) groups excluding carboxylic acids is 3. The highest BCUT2D eigenvalue weighted by molar-refractivity contribution is 7.89. The summed E-state index contributed by atoms with van der Waals surface area (Å²) in [5.74, 6) is -1.47. The highest BCUT2D eigenvalue weighted by Gasteiger charge is 2.29. The Morgan fingerprint density at radius 1 is 0.969 bits per heavy atom. The molecule has 0 saturated heterocycles. The number of hydrogen-bond donors (Lipinski definition) is 3. The van der Waals surface area contributed by atoms with Gasteiger partial charge < -0.3 is 5.32 Å². The van der Waals surface area contributed by atoms with Gasteiger partial charge in [0.05, 0.1) is 10.5 Å². The molecule has 0 spiro atoms. The van der Waals surface area contributed by atoms with Crippen molar-refractivity contribution in [3.8, 4) is 0 Å². The van der Waals surface area contributed by atoms with Crippen LogP contribution in [0.2, 0.25) is 0 Å². The lowest BCUT2D eigenvalue weighted by Crippen LogP contribution is -2.40. The molecule has 3 rings (SSSR count). The fraction of sp³-hybridized carbons (Fsp3) is 0.381. The largest absolute Gasteiger partial charge is 0.313 e. The van der Waals surface area contributed by atoms with E-state index < -0.39 is 27.7 Å². The number of thiophene rings is 1. The van der Waals surface area contributed by atoms with Gasteiger partial charge in [0.1, 0.15) is 5.00 Å². The molecule has 1 aliphatic carbocycles. The van der Waals surface area contributed by atoms with E-state index in [0.717, 1.165) is 43.4 Å². The van der Waals surface area contributed by atoms with Gasteiger partial charge in [0.2, 0.25) is 15.9 Å². The van der Waals surface area contributed by atoms with Crippen molar-refractivity contribution >= 4 is 44.1 Å². The van der Waals surface area contributed by atoms with Crippen molar-refractivity contribution in [2.45, 2.75) is 50.0 Å². The van der Waals surface area contributed by atoms with Crippen LogP contribution in [0.1, 0.15) is 59.7 Å². The smallest absolute Gasteiger partial charge is 0.272 e. The van der Waals surface area contributed by atoms with Gasteiger partial charge in [0.25, 0.3) is 11.8 Å². The number of hydrazine groups is 1. The summed E-state index contributed by atoms with van der Waals surface area (Å²) in [5, 5.41) is 4.60. The minimum Gasteiger partial charge on any atom is -0.313 e. The molecule has 1 fully saturated rings. The fourth-order valence-electron chi connectivity index (χ4n) is 3.56. The minimum absolute atomic E-state index is 0.00221. The quantitative estimate of drug-likeness (QED) is 0.551. The molecule has 1 saturated carbocycles. The van der Waals surface area contributed by atoms with E-state index in [9.17, 15) is 22.8 Å². The number of amides is 3. The first kappa shape index (κ1) is 23.9. The maximum Gasteiger partial charge on any atom is 0.272 e. The van der Waals surface area contributed by atoms with Crippen LogP contribution < -0.4 is 16.2 Å². The lowest BCUT2D eigenvalue weighted by molar-refractivity contribution is -0.119. The lowest BCUT2D eigenvalue weighted by Gasteiger charge is -2.30. The van der Waals surface area contributed by atoms with Gasteiger partial charge in [-0.25, -0.2) is 8.42 Å². The molecule has 0 bridgehead atoms. The third-order valence-corrected chi connectivity index (χ3v) is 8.13. The lowest BCUT2D eigenvalue weighted by atomic mass is 9.96. The molecule has 172 valence electrons. The number of sulfonamides is 1. The van der Waals surface area contributed by atoms with Gasteiger partial charge in [-0.1, -0.05) is 19.3 Å². The van der Waals surface area contributed by atoms with Crippen LogP contribution in [-0.4, -0.2) is 43.5 Å². The van der Waals surface area contributed by atoms with Gasteiger partial charge >= 0.3 is 0 Å². The van der Waals surface area contributed by atoms with E-state index in [1.807, 2.05) is 0 Å². The van der Waals surface area contributed by atoms with Crippen LogP contribution in [0.5, 0.6) is 0 Å². The third-order valence-electron chi connectivity index (χ3n) is 5.37. The molecule has 1 heterocycles. The molecule has 32 heavy (non-hydrogen) atoms. The molecule has 3 N–H and O–H groups in total. The normalized spacial score (nSPS) is 14.7. The average molecular weight is 479 g/mol. The molecule has 0 atom stereocenters. The summed E-state index contributed by atoms with van der Waals surface area (Å²) in [6, 6.07) is 7.25. The first-order chi connectivity index (χ1) is 15.2. The summed E-state index contributed by atoms with van der Waals surface area (Å²) in [6.45, 7) is 1.26. The zero-order valence-corrected chi connectivity index (χ0v) is 19.5. The summed E-state index contributed by atoms with van der Waals surface area (Å²) in [6.07, 6.45) is 4.90. The predicted octanol–water partition coefficient (Wildman–Crippen LogP) is 2.73. The number of nitrogens with one attached hydrogen (secondary N) is 3. The summed E-state index contributed by atoms with van der Waals surface area (Å²) < 4.78 is 27.3. The molecule has 2 aromatic rings. The number of rotatable bonds is 6. The van der Waals surface area contributed by atoms with Gasteiger partial charge in [-0.15, -0.1) is 11.3 Å². The van der Waals surface area contributed by atoms with Crippen LogP contribution in [0.3, 0.4) is 0 Å². The number of nitrogens with zero attached hydrogens (tertiary/aromatic N) is 1. The SMILES string of the molecule is CC(=O)NNC(=O)c1ccsc1NC(=O)c1ccc(S(=O)(=O)N(C)C2CCCCC2)cc1. The van der Waals surface area contributed by atoms with Crippen molar-refractivity contribution in [1.82, 2.24) is 15.2 Å². The Balaban J connectivity index is 1.69. The molecule has 1 aromatic carbocycles. The van der Waals surface area contributed by atoms with Crippen LogP contribution in [0.25, 0.3) is 0 Å². The van der Waals surface area contributed by atoms with Crippen LogP contribution >= 0.6 is 11.3 Å². The van der Waals surface area contributed by atoms with Crippen molar-refractivity contribution in [3.63, 3.8) is 0 Å². The Morgan fingerprint density at radius 3 is 2.25 bits per heavy atom. The minimum atomic E-state index is -3.65. The first-order valence-corrected chi connectivity index (χ1v) is 12.6. The van der Waals surface area contributed by atoms with E-state index in [4.69, 9.17) is 0 Å². The molecule has 0 unspecified atom stereocenters. The van der Waals surface area contributed by atoms with E-state index in [1.165, 1.54) is 41.6 Å². The van der Waals surface area contributed by atoms with Crippen LogP contribution in [-0.2, 0) is 14.8 Å². The molecule has 0 aliphatic heterocycles. The number of benzene rings is 1. The van der Waals surface area contributed by atoms with E-state index in [0.29, 0.717) is 5.00 Å². The zero-order valence-electron chi connectivity index (χ0n) is 17.9. The maximum absolute atomic E-state index is 13.0. The molecule has 1 aromatic heterocycles. The van der Waals surface area contributed by atoms with Crippen molar-refractivity contribution in [2.75, 3.05) is 12.4 Å². The Hall–Kier alpha value is -2.76. The van der Waals surface area contributed by atoms with Gasteiger partial charge in [0, 0.05) is 25.6 Å². The first-order valence-electron chi connectivity index (χ1n) is 10.2. The summed E-state index contributed by atoms with van der Waals surface area (Å²) >= 11 is 1.15. The number of anilines is 1. The van der Waals surface area contributed by atoms with Crippen LogP contribution in [0.15, 0.2) is 40.6 Å². The highest BCUT2D eigenvalue weighted by atomic mass is 32.2. The fourth-order valence-corrected chi connectivity index (χ4v) is 5.75. The molecule has 0 radical (unpaired) electrons. The molecular weight excluding hydrogens is 452 g/mol. The van der Waals surface area contributed by atoms with Crippen molar-refractivity contribution in [3.05, 3.63) is 46.8 Å². The van der Waals surface area contributed by atoms with Gasteiger partial charge in [-0.2, -0.15) is 4.31 Å². The second kappa shape index (κ2) is 10.2. The standard InChI is InChI=1S/C21H26N4O5S2/c1-14(26)23-24-20(28)18-12-13-31-21(18)22-19(27)15-8-10-17(11-9-15)32(29,30)25(2)16-6-4-3-5-7-16/h8-13,16H,3-7H2,1-2H3,(H,22,27)(H,23,26)(H,24,28). The highest BCUT2D eigenvalue weighted by Crippen LogP contribution is 2.27. The predicted molar refractivity (Wildman–Crippen MR) is 122 cm³/mol. The van der Waals surface area contributed by atoms with E-state index >= 15 is 0 Å². The summed E-state index contributed by atoms with van der Waals surface area (Å²) in [5.41, 5.74) is 4.89. The van der Waals surface area contributed by atoms with E-state index in [-0.39, 0.29) is 22.1 Å².